The predicted octanol–water partition coefficient (Wildman–Crippen LogP) is 15.3. The van der Waals surface area contributed by atoms with Gasteiger partial charge in [0.25, 0.3) is 0 Å². The van der Waals surface area contributed by atoms with Crippen molar-refractivity contribution in [3.63, 3.8) is 0 Å². The van der Waals surface area contributed by atoms with Crippen molar-refractivity contribution in [3.8, 4) is 0 Å². The van der Waals surface area contributed by atoms with E-state index in [-0.39, 0.29) is 117 Å². The molecule has 556 valence electrons. The Morgan fingerprint density at radius 3 is 0.330 bits per heavy atom. The number of hydrogen-bond acceptors (Lipinski definition) is 6. The van der Waals surface area contributed by atoms with Gasteiger partial charge in [-0.05, 0) is 146 Å². The van der Waals surface area contributed by atoms with E-state index >= 15 is 0 Å². The number of rotatable bonds is 12. The van der Waals surface area contributed by atoms with Gasteiger partial charge in [0.2, 0.25) is 0 Å². The van der Waals surface area contributed by atoms with E-state index < -0.39 is 62.9 Å². The molecule has 0 atom stereocenters. The summed E-state index contributed by atoms with van der Waals surface area (Å²) in [5.41, 5.74) is -11.3. The Morgan fingerprint density at radius 1 is 0.223 bits per heavy atom. The van der Waals surface area contributed by atoms with Crippen LogP contribution in [0.3, 0.4) is 0 Å². The van der Waals surface area contributed by atoms with Gasteiger partial charge in [-0.1, -0.05) is 218 Å². The maximum atomic E-state index is 10.7. The van der Waals surface area contributed by atoms with Crippen LogP contribution in [0.5, 0.6) is 0 Å². The molecular formula is C76H68Au4Cl4F6O6P4S2Se+4. The van der Waals surface area contributed by atoms with E-state index in [1.807, 2.05) is 0 Å². The van der Waals surface area contributed by atoms with Crippen LogP contribution < -0.4 is 63.7 Å². The van der Waals surface area contributed by atoms with E-state index in [1.165, 1.54) is 63.7 Å². The molecule has 12 aromatic rings. The zero-order chi connectivity index (χ0) is 71.1. The second-order valence-electron chi connectivity index (χ2n) is 19.9. The third-order valence-corrected chi connectivity index (χ3v) is 25.4. The molecule has 103 heavy (non-hydrogen) atoms. The summed E-state index contributed by atoms with van der Waals surface area (Å²) in [5, 5.41) is 17.6. The quantitative estimate of drug-likeness (QED) is 0.0301. The van der Waals surface area contributed by atoms with E-state index in [0.29, 0.717) is 0 Å². The SMILES string of the molecule is ClCCl.ClCCl.O=S(=O)([O-])C(F)(F)F.O=S(=O)([O-])C(F)(F)F.[Au+].[Au+].[Au+].[Au+].[Se-2].c1ccc([PH+](c2ccccc2)c2ccccc2)cc1.c1ccc([PH+](c2ccccc2)c2ccccc2)cc1.c1ccc([PH+](c2ccccc2)c2ccccc2)cc1.c1ccc([PH+](c2ccccc2)c2ccccc2)cc1. The molecule has 0 aliphatic carbocycles. The second-order valence-corrected chi connectivity index (χ2v) is 34.2. The minimum atomic E-state index is -6.09. The molecule has 0 saturated heterocycles. The van der Waals surface area contributed by atoms with Gasteiger partial charge in [0, 0.05) is 0 Å². The summed E-state index contributed by atoms with van der Waals surface area (Å²) >= 11 is 19.1. The molecule has 12 aromatic carbocycles. The number of alkyl halides is 10. The first-order valence-electron chi connectivity index (χ1n) is 29.5. The molecule has 0 spiro atoms. The molecule has 0 unspecified atom stereocenters. The molecule has 0 bridgehead atoms. The fraction of sp³-hybridized carbons (Fsp3) is 0.0526. The smallest absolute Gasteiger partial charge is 1.00 e. The van der Waals surface area contributed by atoms with Gasteiger partial charge >= 0.3 is 101 Å². The van der Waals surface area contributed by atoms with Crippen LogP contribution in [0.2, 0.25) is 0 Å². The summed E-state index contributed by atoms with van der Waals surface area (Å²) in [6, 6.07) is 130. The molecule has 0 N–H and O–H groups in total. The van der Waals surface area contributed by atoms with E-state index in [2.05, 4.69) is 364 Å². The van der Waals surface area contributed by atoms with Gasteiger partial charge < -0.3 is 26.2 Å². The maximum Gasteiger partial charge on any atom is 1.00 e. The molecule has 12 rings (SSSR count). The largest absolute Gasteiger partial charge is 2.00 e. The van der Waals surface area contributed by atoms with E-state index in [4.69, 9.17) is 72.3 Å². The minimum Gasteiger partial charge on any atom is -2.00 e. The van der Waals surface area contributed by atoms with Crippen LogP contribution in [0, 0.1) is 0 Å². The van der Waals surface area contributed by atoms with Crippen LogP contribution in [-0.4, -0.2) is 64.7 Å². The van der Waals surface area contributed by atoms with Crippen molar-refractivity contribution < 1.29 is 142 Å². The van der Waals surface area contributed by atoms with Crippen LogP contribution in [0.4, 0.5) is 26.3 Å². The Balaban J connectivity index is 0.00000121. The van der Waals surface area contributed by atoms with Gasteiger partial charge in [-0.15, -0.1) is 46.4 Å². The molecule has 0 aromatic heterocycles. The third kappa shape index (κ3) is 36.4. The first-order chi connectivity index (χ1) is 47.1. The Bertz CT molecular complexity index is 3420. The first kappa shape index (κ1) is 99.4. The summed E-state index contributed by atoms with van der Waals surface area (Å²) in [5.74, 6) is 0. The van der Waals surface area contributed by atoms with Crippen molar-refractivity contribution in [2.24, 2.45) is 0 Å². The molecule has 27 heteroatoms. The van der Waals surface area contributed by atoms with Crippen LogP contribution in [0.15, 0.2) is 364 Å². The Morgan fingerprint density at radius 2 is 0.282 bits per heavy atom. The molecule has 0 aliphatic heterocycles. The first-order valence-corrected chi connectivity index (χ1v) is 40.5. The summed E-state index contributed by atoms with van der Waals surface area (Å²) in [6.07, 6.45) is 0. The van der Waals surface area contributed by atoms with Crippen LogP contribution in [-0.2, 0) is 110 Å². The molecule has 0 amide bonds. The van der Waals surface area contributed by atoms with Crippen LogP contribution >= 0.6 is 78.1 Å². The topological polar surface area (TPSA) is 114 Å². The molecule has 0 fully saturated rings. The van der Waals surface area contributed by atoms with Gasteiger partial charge in [0.05, 0.1) is 42.4 Å². The average molecular weight is 2390 g/mol. The van der Waals surface area contributed by atoms with Crippen LogP contribution in [0.1, 0.15) is 0 Å². The molecule has 0 aliphatic rings. The van der Waals surface area contributed by atoms with Gasteiger partial charge in [-0.2, -0.15) is 26.3 Å². The molecule has 0 saturated carbocycles. The second kappa shape index (κ2) is 54.9. The molecule has 0 radical (unpaired) electrons. The Kier molecular flexibility index (Phi) is 53.0. The number of hydrogen-bond donors (Lipinski definition) is 0. The Hall–Kier alpha value is -3.60. The number of benzene rings is 12. The Labute approximate surface area is 698 Å². The molecule has 0 heterocycles. The van der Waals surface area contributed by atoms with Crippen molar-refractivity contribution in [3.05, 3.63) is 364 Å². The molecule has 6 nitrogen and oxygen atoms in total. The normalized spacial score (nSPS) is 10.3. The zero-order valence-corrected chi connectivity index (χ0v) is 72.8. The summed E-state index contributed by atoms with van der Waals surface area (Å²) in [7, 11) is -15.7. The maximum absolute atomic E-state index is 10.7. The van der Waals surface area contributed by atoms with E-state index in [0.717, 1.165) is 0 Å². The minimum absolute atomic E-state index is 0. The summed E-state index contributed by atoms with van der Waals surface area (Å²) in [6.45, 7) is 0. The predicted molar refractivity (Wildman–Crippen MR) is 417 cm³/mol. The monoisotopic (exact) mass is 2390 g/mol. The van der Waals surface area contributed by atoms with E-state index in [9.17, 15) is 26.3 Å². The third-order valence-electron chi connectivity index (χ3n) is 13.3. The van der Waals surface area contributed by atoms with Crippen molar-refractivity contribution in [1.82, 2.24) is 0 Å². The zero-order valence-electron chi connectivity index (χ0n) is 53.7. The summed E-state index contributed by atoms with van der Waals surface area (Å²) < 4.78 is 118. The van der Waals surface area contributed by atoms with Gasteiger partial charge in [-0.3, -0.25) is 0 Å². The average Bonchev–Trinajstić information content (AvgIpc) is 0.837. The molecular weight excluding hydrogens is 2320 g/mol. The fourth-order valence-electron chi connectivity index (χ4n) is 9.26. The van der Waals surface area contributed by atoms with Crippen molar-refractivity contribution in [2.75, 3.05) is 10.7 Å². The van der Waals surface area contributed by atoms with E-state index in [1.54, 1.807) is 0 Å². The van der Waals surface area contributed by atoms with Crippen LogP contribution in [0.25, 0.3) is 0 Å². The summed E-state index contributed by atoms with van der Waals surface area (Å²) in [4.78, 5) is 0. The van der Waals surface area contributed by atoms with Gasteiger partial charge in [0.15, 0.2) is 20.2 Å². The fourth-order valence-corrected chi connectivity index (χ4v) is 19.6. The number of halogens is 10. The van der Waals surface area contributed by atoms with Gasteiger partial charge in [-0.25, -0.2) is 16.8 Å². The standard InChI is InChI=1S/4C18H15P.2CH2Cl2.2CHF3O3S.4Au.Se/c4*1-4-10-16(11-5-1)19(17-12-6-2-7-13-17)18-14-8-3-9-15-18;2*2-1-3;2*2-1(3,4)8(5,6)7;;;;;/h4*1-15H;2*1H2;2*(H,5,6,7);;;;;/q;;;;;;;;4*+1;-2/p+2. The van der Waals surface area contributed by atoms with Crippen molar-refractivity contribution >= 4 is 179 Å². The van der Waals surface area contributed by atoms with Crippen molar-refractivity contribution in [2.45, 2.75) is 11.0 Å². The van der Waals surface area contributed by atoms with Crippen molar-refractivity contribution in [1.29, 1.82) is 0 Å². The van der Waals surface area contributed by atoms with Gasteiger partial charge in [0.1, 0.15) is 63.7 Å².